The van der Waals surface area contributed by atoms with Gasteiger partial charge in [-0.25, -0.2) is 0 Å². The number of aryl methyl sites for hydroxylation is 1. The summed E-state index contributed by atoms with van der Waals surface area (Å²) in [6.07, 6.45) is 0. The van der Waals surface area contributed by atoms with Crippen LogP contribution in [0.3, 0.4) is 0 Å². The summed E-state index contributed by atoms with van der Waals surface area (Å²) in [5.41, 5.74) is 2.62. The summed E-state index contributed by atoms with van der Waals surface area (Å²) in [5, 5.41) is 19.9. The Kier molecular flexibility index (Phi) is 3.62. The van der Waals surface area contributed by atoms with Gasteiger partial charge in [0.1, 0.15) is 11.5 Å². The molecule has 0 aliphatic carbocycles. The van der Waals surface area contributed by atoms with E-state index in [1.54, 1.807) is 18.2 Å². The fourth-order valence-corrected chi connectivity index (χ4v) is 2.44. The highest BCUT2D eigenvalue weighted by Crippen LogP contribution is 2.36. The van der Waals surface area contributed by atoms with Gasteiger partial charge in [0.15, 0.2) is 0 Å². The summed E-state index contributed by atoms with van der Waals surface area (Å²) < 4.78 is 0.911. The van der Waals surface area contributed by atoms with E-state index in [2.05, 4.69) is 15.9 Å². The normalized spacial score (nSPS) is 12.4. The van der Waals surface area contributed by atoms with Gasteiger partial charge in [0.25, 0.3) is 0 Å². The summed E-state index contributed by atoms with van der Waals surface area (Å²) in [5.74, 6) is 0.440. The zero-order valence-corrected chi connectivity index (χ0v) is 11.9. The van der Waals surface area contributed by atoms with E-state index in [1.165, 1.54) is 0 Å². The van der Waals surface area contributed by atoms with Crippen LogP contribution in [-0.2, 0) is 0 Å². The molecule has 0 fully saturated rings. The molecule has 0 amide bonds. The van der Waals surface area contributed by atoms with E-state index < -0.39 is 0 Å². The molecule has 3 heteroatoms. The molecule has 0 aliphatic heterocycles. The molecule has 18 heavy (non-hydrogen) atoms. The lowest BCUT2D eigenvalue weighted by atomic mass is 9.91. The van der Waals surface area contributed by atoms with Crippen LogP contribution in [0.2, 0.25) is 0 Å². The van der Waals surface area contributed by atoms with Crippen LogP contribution in [0, 0.1) is 6.92 Å². The number of hydrogen-bond donors (Lipinski definition) is 2. The summed E-state index contributed by atoms with van der Waals surface area (Å²) in [6, 6.07) is 10.9. The first kappa shape index (κ1) is 13.0. The largest absolute Gasteiger partial charge is 0.508 e. The van der Waals surface area contributed by atoms with Crippen molar-refractivity contribution in [2.45, 2.75) is 19.8 Å². The van der Waals surface area contributed by atoms with Gasteiger partial charge in [-0.1, -0.05) is 35.0 Å². The van der Waals surface area contributed by atoms with Crippen molar-refractivity contribution in [1.82, 2.24) is 0 Å². The van der Waals surface area contributed by atoms with Crippen LogP contribution in [0.15, 0.2) is 40.9 Å². The smallest absolute Gasteiger partial charge is 0.119 e. The molecule has 0 saturated carbocycles. The molecule has 0 radical (unpaired) electrons. The summed E-state index contributed by atoms with van der Waals surface area (Å²) in [7, 11) is 0. The molecule has 1 unspecified atom stereocenters. The Hall–Kier alpha value is -1.48. The van der Waals surface area contributed by atoms with E-state index in [0.717, 1.165) is 21.2 Å². The second-order valence-corrected chi connectivity index (χ2v) is 5.40. The highest BCUT2D eigenvalue weighted by Gasteiger charge is 2.16. The molecule has 1 atom stereocenters. The van der Waals surface area contributed by atoms with Gasteiger partial charge in [-0.3, -0.25) is 0 Å². The Morgan fingerprint density at radius 1 is 0.944 bits per heavy atom. The lowest BCUT2D eigenvalue weighted by Crippen LogP contribution is -1.97. The molecular weight excluding hydrogens is 292 g/mol. The molecule has 2 aromatic carbocycles. The molecule has 2 rings (SSSR count). The van der Waals surface area contributed by atoms with Gasteiger partial charge in [-0.2, -0.15) is 0 Å². The number of benzene rings is 2. The second kappa shape index (κ2) is 5.02. The molecular formula is C15H15BrO2. The first-order valence-corrected chi connectivity index (χ1v) is 6.56. The SMILES string of the molecule is Cc1ccc(C(C)c2cc(Br)ccc2O)c(O)c1. The third-order valence-electron chi connectivity index (χ3n) is 3.11. The van der Waals surface area contributed by atoms with E-state index in [1.807, 2.05) is 32.0 Å². The molecule has 2 aromatic rings. The number of phenols is 2. The van der Waals surface area contributed by atoms with E-state index in [0.29, 0.717) is 0 Å². The van der Waals surface area contributed by atoms with Gasteiger partial charge in [0.2, 0.25) is 0 Å². The third-order valence-corrected chi connectivity index (χ3v) is 3.60. The number of halogens is 1. The number of phenolic OH excluding ortho intramolecular Hbond substituents is 2. The monoisotopic (exact) mass is 306 g/mol. The third kappa shape index (κ3) is 2.51. The predicted octanol–water partition coefficient (Wildman–Crippen LogP) is 4.32. The first-order chi connectivity index (χ1) is 8.49. The highest BCUT2D eigenvalue weighted by molar-refractivity contribution is 9.10. The highest BCUT2D eigenvalue weighted by atomic mass is 79.9. The van der Waals surface area contributed by atoms with Crippen LogP contribution in [0.1, 0.15) is 29.5 Å². The zero-order chi connectivity index (χ0) is 13.3. The Labute approximate surface area is 115 Å². The van der Waals surface area contributed by atoms with Crippen molar-refractivity contribution < 1.29 is 10.2 Å². The van der Waals surface area contributed by atoms with Gasteiger partial charge < -0.3 is 10.2 Å². The van der Waals surface area contributed by atoms with Crippen molar-refractivity contribution in [3.63, 3.8) is 0 Å². The van der Waals surface area contributed by atoms with Crippen molar-refractivity contribution in [3.8, 4) is 11.5 Å². The van der Waals surface area contributed by atoms with Gasteiger partial charge >= 0.3 is 0 Å². The lowest BCUT2D eigenvalue weighted by molar-refractivity contribution is 0.456. The van der Waals surface area contributed by atoms with Crippen molar-refractivity contribution >= 4 is 15.9 Å². The standard InChI is InChI=1S/C15H15BrO2/c1-9-3-5-12(15(18)7-9)10(2)13-8-11(16)4-6-14(13)17/h3-8,10,17-18H,1-2H3. The topological polar surface area (TPSA) is 40.5 Å². The minimum absolute atomic E-state index is 0.0666. The van der Waals surface area contributed by atoms with Crippen LogP contribution in [-0.4, -0.2) is 10.2 Å². The maximum absolute atomic E-state index is 9.99. The minimum atomic E-state index is -0.0666. The van der Waals surface area contributed by atoms with Gasteiger partial charge in [-0.05, 0) is 36.8 Å². The average molecular weight is 307 g/mol. The second-order valence-electron chi connectivity index (χ2n) is 4.49. The van der Waals surface area contributed by atoms with Gasteiger partial charge in [-0.15, -0.1) is 0 Å². The molecule has 0 spiro atoms. The molecule has 0 aromatic heterocycles. The van der Waals surface area contributed by atoms with Crippen LogP contribution >= 0.6 is 15.9 Å². The quantitative estimate of drug-likeness (QED) is 0.867. The Morgan fingerprint density at radius 2 is 1.67 bits per heavy atom. The summed E-state index contributed by atoms with van der Waals surface area (Å²) >= 11 is 3.39. The van der Waals surface area contributed by atoms with Crippen molar-refractivity contribution in [2.24, 2.45) is 0 Å². The van der Waals surface area contributed by atoms with Gasteiger partial charge in [0, 0.05) is 21.5 Å². The Morgan fingerprint density at radius 3 is 2.33 bits per heavy atom. The lowest BCUT2D eigenvalue weighted by Gasteiger charge is -2.16. The van der Waals surface area contributed by atoms with Crippen LogP contribution in [0.4, 0.5) is 0 Å². The number of hydrogen-bond acceptors (Lipinski definition) is 2. The van der Waals surface area contributed by atoms with Crippen LogP contribution in [0.25, 0.3) is 0 Å². The molecule has 0 bridgehead atoms. The summed E-state index contributed by atoms with van der Waals surface area (Å²) in [6.45, 7) is 3.90. The van der Waals surface area contributed by atoms with E-state index in [9.17, 15) is 10.2 Å². The van der Waals surface area contributed by atoms with Gasteiger partial charge in [0.05, 0.1) is 0 Å². The van der Waals surface area contributed by atoms with E-state index in [4.69, 9.17) is 0 Å². The maximum Gasteiger partial charge on any atom is 0.119 e. The average Bonchev–Trinajstić information content (AvgIpc) is 2.31. The fourth-order valence-electron chi connectivity index (χ4n) is 2.06. The maximum atomic E-state index is 9.99. The Balaban J connectivity index is 2.47. The molecule has 0 heterocycles. The fraction of sp³-hybridized carbons (Fsp3) is 0.200. The first-order valence-electron chi connectivity index (χ1n) is 5.77. The van der Waals surface area contributed by atoms with Crippen LogP contribution < -0.4 is 0 Å². The van der Waals surface area contributed by atoms with E-state index in [-0.39, 0.29) is 17.4 Å². The van der Waals surface area contributed by atoms with Crippen molar-refractivity contribution in [3.05, 3.63) is 57.6 Å². The van der Waals surface area contributed by atoms with Crippen LogP contribution in [0.5, 0.6) is 11.5 Å². The molecule has 2 nitrogen and oxygen atoms in total. The molecule has 2 N–H and O–H groups in total. The minimum Gasteiger partial charge on any atom is -0.508 e. The molecule has 0 saturated heterocycles. The summed E-state index contributed by atoms with van der Waals surface area (Å²) in [4.78, 5) is 0. The predicted molar refractivity (Wildman–Crippen MR) is 76.2 cm³/mol. The molecule has 0 aliphatic rings. The number of aromatic hydroxyl groups is 2. The zero-order valence-electron chi connectivity index (χ0n) is 10.3. The van der Waals surface area contributed by atoms with Crippen molar-refractivity contribution in [1.29, 1.82) is 0 Å². The Bertz CT molecular complexity index is 579. The number of rotatable bonds is 2. The van der Waals surface area contributed by atoms with Crippen molar-refractivity contribution in [2.75, 3.05) is 0 Å². The van der Waals surface area contributed by atoms with E-state index >= 15 is 0 Å². The molecule has 94 valence electrons.